The Morgan fingerprint density at radius 3 is 1.75 bits per heavy atom. The van der Waals surface area contributed by atoms with E-state index in [-0.39, 0.29) is 46.1 Å². The van der Waals surface area contributed by atoms with Crippen molar-refractivity contribution < 1.29 is 48.0 Å². The van der Waals surface area contributed by atoms with Crippen molar-refractivity contribution in [3.8, 4) is 0 Å². The minimum absolute atomic E-state index is 0.0396. The normalized spacial score (nSPS) is 28.8. The van der Waals surface area contributed by atoms with Gasteiger partial charge in [0.25, 0.3) is 11.8 Å². The van der Waals surface area contributed by atoms with Crippen LogP contribution >= 0.6 is 0 Å². The highest BCUT2D eigenvalue weighted by molar-refractivity contribution is 5.83. The first-order valence-electron chi connectivity index (χ1n) is 17.8. The molecule has 0 radical (unpaired) electrons. The van der Waals surface area contributed by atoms with E-state index in [2.05, 4.69) is 0 Å². The zero-order valence-electron chi connectivity index (χ0n) is 29.1. The largest absolute Gasteiger partial charge is 0.374 e. The van der Waals surface area contributed by atoms with Crippen LogP contribution in [0.15, 0.2) is 121 Å². The van der Waals surface area contributed by atoms with E-state index in [1.165, 1.54) is 0 Å². The Bertz CT molecular complexity index is 1770. The number of hydrogen-bond donors (Lipinski definition) is 1. The number of nitrogens with zero attached hydrogens (tertiary/aromatic N) is 1. The number of carbonyl (C=O) groups is 1. The van der Waals surface area contributed by atoms with Crippen molar-refractivity contribution >= 4 is 5.78 Å². The van der Waals surface area contributed by atoms with Crippen molar-refractivity contribution in [2.24, 2.45) is 5.92 Å². The molecule has 53 heavy (non-hydrogen) atoms. The molecule has 3 aliphatic heterocycles. The Morgan fingerprint density at radius 2 is 1.23 bits per heavy atom. The van der Waals surface area contributed by atoms with E-state index < -0.39 is 65.3 Å². The number of carbonyl (C=O) groups excluding carboxylic acids is 1. The highest BCUT2D eigenvalue weighted by Gasteiger charge is 2.68. The lowest BCUT2D eigenvalue weighted by Crippen LogP contribution is -2.73. The molecule has 0 saturated carbocycles. The third-order valence-electron chi connectivity index (χ3n) is 9.92. The number of ketones is 1. The van der Waals surface area contributed by atoms with Gasteiger partial charge in [-0.15, -0.1) is 0 Å². The number of fused-ring (bicyclic) bond motifs is 2. The number of nitro groups is 1. The van der Waals surface area contributed by atoms with Crippen LogP contribution in [0.25, 0.3) is 0 Å². The maximum atomic E-state index is 13.3. The number of benzene rings is 4. The van der Waals surface area contributed by atoms with Gasteiger partial charge in [-0.2, -0.15) is 0 Å². The summed E-state index contributed by atoms with van der Waals surface area (Å²) in [4.78, 5) is 25.7. The molecule has 12 heteroatoms. The van der Waals surface area contributed by atoms with Crippen LogP contribution in [-0.2, 0) is 64.4 Å². The van der Waals surface area contributed by atoms with Crippen molar-refractivity contribution in [1.29, 1.82) is 0 Å². The van der Waals surface area contributed by atoms with Crippen molar-refractivity contribution in [3.05, 3.63) is 154 Å². The average Bonchev–Trinajstić information content (AvgIpc) is 3.62. The minimum Gasteiger partial charge on any atom is -0.374 e. The summed E-state index contributed by atoms with van der Waals surface area (Å²) in [5, 5.41) is 26.3. The summed E-state index contributed by atoms with van der Waals surface area (Å²) in [6.45, 7) is 0.218. The number of ether oxygens (including phenoxy) is 7. The predicted molar refractivity (Wildman–Crippen MR) is 189 cm³/mol. The summed E-state index contributed by atoms with van der Waals surface area (Å²) in [6, 6.07) is 35.9. The van der Waals surface area contributed by atoms with Crippen LogP contribution in [0.5, 0.6) is 0 Å². The molecule has 9 atom stereocenters. The molecule has 1 N–H and O–H groups in total. The number of Topliss-reactive ketones (excluding diaryl/α,β-unsaturated/α-hetero) is 1. The molecule has 3 fully saturated rings. The van der Waals surface area contributed by atoms with Gasteiger partial charge in [0.15, 0.2) is 5.78 Å². The number of hydrogen-bond acceptors (Lipinski definition) is 11. The Morgan fingerprint density at radius 1 is 0.736 bits per heavy atom. The summed E-state index contributed by atoms with van der Waals surface area (Å²) in [5.74, 6) is -4.21. The Hall–Kier alpha value is -4.37. The van der Waals surface area contributed by atoms with Gasteiger partial charge < -0.3 is 38.3 Å². The van der Waals surface area contributed by atoms with Crippen LogP contribution in [0.1, 0.15) is 28.7 Å². The Kier molecular flexibility index (Phi) is 12.0. The molecule has 1 unspecified atom stereocenters. The maximum Gasteiger partial charge on any atom is 0.274 e. The molecule has 4 aromatic rings. The van der Waals surface area contributed by atoms with E-state index in [1.54, 1.807) is 0 Å². The van der Waals surface area contributed by atoms with Crippen molar-refractivity contribution in [2.75, 3.05) is 13.2 Å². The molecular formula is C41H43NO11. The van der Waals surface area contributed by atoms with Crippen LogP contribution in [-0.4, -0.2) is 77.7 Å². The summed E-state index contributed by atoms with van der Waals surface area (Å²) >= 11 is 0. The lowest BCUT2D eigenvalue weighted by molar-refractivity contribution is -0.592. The highest BCUT2D eigenvalue weighted by Crippen LogP contribution is 2.44. The maximum absolute atomic E-state index is 13.3. The highest BCUT2D eigenvalue weighted by atomic mass is 16.7. The van der Waals surface area contributed by atoms with Crippen molar-refractivity contribution in [2.45, 2.75) is 81.5 Å². The van der Waals surface area contributed by atoms with E-state index >= 15 is 0 Å². The fourth-order valence-corrected chi connectivity index (χ4v) is 7.32. The molecule has 0 aromatic heterocycles. The van der Waals surface area contributed by atoms with Gasteiger partial charge >= 0.3 is 0 Å². The van der Waals surface area contributed by atoms with Gasteiger partial charge in [0.1, 0.15) is 24.4 Å². The van der Waals surface area contributed by atoms with Crippen LogP contribution < -0.4 is 0 Å². The van der Waals surface area contributed by atoms with Crippen LogP contribution in [0.4, 0.5) is 0 Å². The molecule has 12 nitrogen and oxygen atoms in total. The Balaban J connectivity index is 1.29. The summed E-state index contributed by atoms with van der Waals surface area (Å²) in [5.41, 5.74) is 3.36. The second kappa shape index (κ2) is 17.2. The van der Waals surface area contributed by atoms with E-state index in [4.69, 9.17) is 33.2 Å². The smallest absolute Gasteiger partial charge is 0.274 e. The average molecular weight is 726 g/mol. The van der Waals surface area contributed by atoms with Crippen LogP contribution in [0.2, 0.25) is 0 Å². The fourth-order valence-electron chi connectivity index (χ4n) is 7.32. The molecule has 0 aliphatic carbocycles. The van der Waals surface area contributed by atoms with E-state index in [0.29, 0.717) is 0 Å². The van der Waals surface area contributed by atoms with Gasteiger partial charge in [-0.3, -0.25) is 14.9 Å². The topological polar surface area (TPSA) is 145 Å². The van der Waals surface area contributed by atoms with E-state index in [0.717, 1.165) is 22.3 Å². The molecule has 2 bridgehead atoms. The minimum atomic E-state index is -2.66. The number of rotatable bonds is 16. The number of aliphatic hydroxyl groups is 1. The quantitative estimate of drug-likeness (QED) is 0.123. The van der Waals surface area contributed by atoms with Gasteiger partial charge in [-0.05, 0) is 22.3 Å². The molecule has 278 valence electrons. The summed E-state index contributed by atoms with van der Waals surface area (Å²) in [7, 11) is 0. The summed E-state index contributed by atoms with van der Waals surface area (Å²) < 4.78 is 43.9. The first-order valence-corrected chi connectivity index (χ1v) is 17.8. The third-order valence-corrected chi connectivity index (χ3v) is 9.92. The fraction of sp³-hybridized carbons (Fsp3) is 0.390. The van der Waals surface area contributed by atoms with Crippen molar-refractivity contribution in [1.82, 2.24) is 0 Å². The monoisotopic (exact) mass is 725 g/mol. The molecule has 3 aliphatic rings. The third kappa shape index (κ3) is 8.72. The Labute approximate surface area is 307 Å². The SMILES string of the molecule is O=C1C[C@H](C([N+](=O)[O-])[C@]2(O)O[C@H](COCc3ccccc3)[C@@H](OCc3ccccc3)[C@H](OCc3ccccc3)[C@H]2OCc2ccccc2)[C@H]2CO[C@@H]1O2. The lowest BCUT2D eigenvalue weighted by Gasteiger charge is -2.51. The molecule has 0 spiro atoms. The molecule has 3 saturated heterocycles. The van der Waals surface area contributed by atoms with Gasteiger partial charge in [0.2, 0.25) is 6.29 Å². The van der Waals surface area contributed by atoms with Gasteiger partial charge in [0, 0.05) is 11.3 Å². The predicted octanol–water partition coefficient (Wildman–Crippen LogP) is 5.02. The molecular weight excluding hydrogens is 682 g/mol. The zero-order chi connectivity index (χ0) is 36.6. The van der Waals surface area contributed by atoms with E-state index in [9.17, 15) is 20.0 Å². The lowest BCUT2D eigenvalue weighted by atomic mass is 9.78. The molecule has 3 heterocycles. The standard InChI is InChI=1S/C41H43NO11/c43-33-21-32(34-27-51-40(33)52-34)38(42(45)46)41(44)39(50-25-31-19-11-4-12-20-31)37(49-24-30-17-9-3-10-18-30)36(48-23-29-15-7-2-8-16-29)35(53-41)26-47-22-28-13-5-1-6-14-28/h1-20,32,34-40,44H,21-27H2/t32-,34+,35+,36+,37-,38?,39+,40+,41-/m0/s1. The second-order valence-electron chi connectivity index (χ2n) is 13.6. The first-order chi connectivity index (χ1) is 25.9. The van der Waals surface area contributed by atoms with Gasteiger partial charge in [-0.25, -0.2) is 0 Å². The van der Waals surface area contributed by atoms with Gasteiger partial charge in [-0.1, -0.05) is 121 Å². The molecule has 0 amide bonds. The van der Waals surface area contributed by atoms with Crippen LogP contribution in [0.3, 0.4) is 0 Å². The molecule has 7 rings (SSSR count). The zero-order valence-corrected chi connectivity index (χ0v) is 29.1. The van der Waals surface area contributed by atoms with Crippen LogP contribution in [0, 0.1) is 16.0 Å². The van der Waals surface area contributed by atoms with Crippen molar-refractivity contribution in [3.63, 3.8) is 0 Å². The second-order valence-corrected chi connectivity index (χ2v) is 13.6. The molecule has 4 aromatic carbocycles. The first kappa shape index (κ1) is 37.0. The van der Waals surface area contributed by atoms with E-state index in [1.807, 2.05) is 121 Å². The van der Waals surface area contributed by atoms with Gasteiger partial charge in [0.05, 0.1) is 51.7 Å². The summed E-state index contributed by atoms with van der Waals surface area (Å²) in [6.07, 6.45) is -6.81.